The van der Waals surface area contributed by atoms with Crippen LogP contribution in [0.25, 0.3) is 0 Å². The van der Waals surface area contributed by atoms with E-state index in [2.05, 4.69) is 0 Å². The third-order valence-electron chi connectivity index (χ3n) is 5.53. The lowest BCUT2D eigenvalue weighted by atomic mass is 9.58. The summed E-state index contributed by atoms with van der Waals surface area (Å²) in [5.74, 6) is -0.314. The van der Waals surface area contributed by atoms with Crippen LogP contribution in [-0.2, 0) is 4.79 Å². The number of rotatable bonds is 5. The van der Waals surface area contributed by atoms with Gasteiger partial charge >= 0.3 is 5.97 Å². The summed E-state index contributed by atoms with van der Waals surface area (Å²) < 4.78 is 5.18. The molecule has 0 radical (unpaired) electrons. The molecule has 3 atom stereocenters. The molecule has 4 heteroatoms. The van der Waals surface area contributed by atoms with Gasteiger partial charge in [-0.3, -0.25) is 4.79 Å². The van der Waals surface area contributed by atoms with Crippen molar-refractivity contribution in [3.05, 3.63) is 29.8 Å². The zero-order chi connectivity index (χ0) is 16.4. The fourth-order valence-electron chi connectivity index (χ4n) is 3.74. The third-order valence-corrected chi connectivity index (χ3v) is 5.53. The fraction of sp³-hybridized carbons (Fsp3) is 0.611. The highest BCUT2D eigenvalue weighted by atomic mass is 16.5. The SMILES string of the molecule is CCC(C)(C(=O)O)C1(O)CCCCC1c1ccc(OC)cc1. The van der Waals surface area contributed by atoms with Crippen molar-refractivity contribution in [2.75, 3.05) is 7.11 Å². The summed E-state index contributed by atoms with van der Waals surface area (Å²) in [6.07, 6.45) is 3.63. The summed E-state index contributed by atoms with van der Waals surface area (Å²) in [4.78, 5) is 11.9. The van der Waals surface area contributed by atoms with E-state index in [4.69, 9.17) is 4.74 Å². The van der Waals surface area contributed by atoms with Crippen LogP contribution in [0, 0.1) is 5.41 Å². The maximum atomic E-state index is 11.9. The molecule has 1 aromatic rings. The monoisotopic (exact) mass is 306 g/mol. The van der Waals surface area contributed by atoms with Gasteiger partial charge in [-0.15, -0.1) is 0 Å². The molecule has 22 heavy (non-hydrogen) atoms. The van der Waals surface area contributed by atoms with Crippen molar-refractivity contribution >= 4 is 5.97 Å². The molecule has 0 saturated heterocycles. The van der Waals surface area contributed by atoms with Crippen LogP contribution in [0.1, 0.15) is 57.4 Å². The van der Waals surface area contributed by atoms with Crippen molar-refractivity contribution in [3.63, 3.8) is 0 Å². The molecule has 0 bridgehead atoms. The number of methoxy groups -OCH3 is 1. The van der Waals surface area contributed by atoms with E-state index >= 15 is 0 Å². The van der Waals surface area contributed by atoms with Crippen LogP contribution < -0.4 is 4.74 Å². The van der Waals surface area contributed by atoms with Crippen LogP contribution in [-0.4, -0.2) is 28.9 Å². The van der Waals surface area contributed by atoms with E-state index in [-0.39, 0.29) is 5.92 Å². The van der Waals surface area contributed by atoms with Crippen molar-refractivity contribution in [3.8, 4) is 5.75 Å². The summed E-state index contributed by atoms with van der Waals surface area (Å²) >= 11 is 0. The Bertz CT molecular complexity index is 524. The Morgan fingerprint density at radius 1 is 1.36 bits per heavy atom. The van der Waals surface area contributed by atoms with Gasteiger partial charge in [0, 0.05) is 5.92 Å². The smallest absolute Gasteiger partial charge is 0.312 e. The van der Waals surface area contributed by atoms with Gasteiger partial charge in [0.1, 0.15) is 5.75 Å². The quantitative estimate of drug-likeness (QED) is 0.872. The van der Waals surface area contributed by atoms with Crippen LogP contribution >= 0.6 is 0 Å². The lowest BCUT2D eigenvalue weighted by molar-refractivity contribution is -0.176. The van der Waals surface area contributed by atoms with Gasteiger partial charge in [0.05, 0.1) is 18.1 Å². The first kappa shape index (κ1) is 16.8. The minimum Gasteiger partial charge on any atom is -0.497 e. The van der Waals surface area contributed by atoms with E-state index in [0.717, 1.165) is 30.6 Å². The van der Waals surface area contributed by atoms with Gasteiger partial charge in [0.25, 0.3) is 0 Å². The minimum atomic E-state index is -1.22. The predicted octanol–water partition coefficient (Wildman–Crippen LogP) is 3.58. The van der Waals surface area contributed by atoms with E-state index in [1.807, 2.05) is 31.2 Å². The van der Waals surface area contributed by atoms with Crippen LogP contribution in [0.2, 0.25) is 0 Å². The zero-order valence-corrected chi connectivity index (χ0v) is 13.6. The number of hydrogen-bond acceptors (Lipinski definition) is 3. The molecular formula is C18H26O4. The summed E-state index contributed by atoms with van der Waals surface area (Å²) in [6, 6.07) is 7.62. The Hall–Kier alpha value is -1.55. The highest BCUT2D eigenvalue weighted by Gasteiger charge is 2.56. The van der Waals surface area contributed by atoms with Gasteiger partial charge in [-0.05, 0) is 43.9 Å². The Morgan fingerprint density at radius 2 is 2.00 bits per heavy atom. The van der Waals surface area contributed by atoms with E-state index in [9.17, 15) is 15.0 Å². The molecule has 0 aromatic heterocycles. The standard InChI is InChI=1S/C18H26O4/c1-4-17(2,16(19)20)18(21)12-6-5-7-15(18)13-8-10-14(22-3)11-9-13/h8-11,15,21H,4-7,12H2,1-3H3,(H,19,20). The highest BCUT2D eigenvalue weighted by Crippen LogP contribution is 2.52. The van der Waals surface area contributed by atoms with Gasteiger partial charge in [0.2, 0.25) is 0 Å². The summed E-state index contributed by atoms with van der Waals surface area (Å²) in [5.41, 5.74) is -1.37. The number of hydrogen-bond donors (Lipinski definition) is 2. The molecule has 2 N–H and O–H groups in total. The average Bonchev–Trinajstić information content (AvgIpc) is 2.54. The van der Waals surface area contributed by atoms with E-state index in [1.54, 1.807) is 14.0 Å². The second-order valence-electron chi connectivity index (χ2n) is 6.49. The van der Waals surface area contributed by atoms with Crippen molar-refractivity contribution in [1.29, 1.82) is 0 Å². The Morgan fingerprint density at radius 3 is 2.50 bits per heavy atom. The van der Waals surface area contributed by atoms with Crippen LogP contribution in [0.3, 0.4) is 0 Å². The number of aliphatic carboxylic acids is 1. The van der Waals surface area contributed by atoms with Gasteiger partial charge in [0.15, 0.2) is 0 Å². The van der Waals surface area contributed by atoms with Crippen molar-refractivity contribution in [1.82, 2.24) is 0 Å². The molecule has 4 nitrogen and oxygen atoms in total. The lowest BCUT2D eigenvalue weighted by Gasteiger charge is -2.49. The van der Waals surface area contributed by atoms with Gasteiger partial charge in [-0.1, -0.05) is 31.9 Å². The molecular weight excluding hydrogens is 280 g/mol. The second kappa shape index (κ2) is 6.29. The molecule has 0 aliphatic heterocycles. The number of benzene rings is 1. The molecule has 1 fully saturated rings. The highest BCUT2D eigenvalue weighted by molar-refractivity contribution is 5.76. The zero-order valence-electron chi connectivity index (χ0n) is 13.6. The molecule has 1 saturated carbocycles. The molecule has 1 aliphatic rings. The van der Waals surface area contributed by atoms with Gasteiger partial charge < -0.3 is 14.9 Å². The molecule has 3 unspecified atom stereocenters. The summed E-state index contributed by atoms with van der Waals surface area (Å²) in [7, 11) is 1.62. The maximum absolute atomic E-state index is 11.9. The summed E-state index contributed by atoms with van der Waals surface area (Å²) in [6.45, 7) is 3.52. The number of ether oxygens (including phenoxy) is 1. The molecule has 0 spiro atoms. The van der Waals surface area contributed by atoms with Crippen molar-refractivity contribution in [2.45, 2.75) is 57.5 Å². The van der Waals surface area contributed by atoms with E-state index in [0.29, 0.717) is 12.8 Å². The van der Waals surface area contributed by atoms with Crippen LogP contribution in [0.5, 0.6) is 5.75 Å². The summed E-state index contributed by atoms with van der Waals surface area (Å²) in [5, 5.41) is 21.1. The van der Waals surface area contributed by atoms with Crippen molar-refractivity contribution in [2.24, 2.45) is 5.41 Å². The molecule has 2 rings (SSSR count). The van der Waals surface area contributed by atoms with Crippen LogP contribution in [0.4, 0.5) is 0 Å². The first-order chi connectivity index (χ1) is 10.4. The Labute approximate surface area is 132 Å². The Kier molecular flexibility index (Phi) is 4.81. The number of carboxylic acids is 1. The van der Waals surface area contributed by atoms with Gasteiger partial charge in [-0.2, -0.15) is 0 Å². The predicted molar refractivity (Wildman–Crippen MR) is 85.2 cm³/mol. The molecule has 0 amide bonds. The lowest BCUT2D eigenvalue weighted by Crippen LogP contribution is -2.56. The minimum absolute atomic E-state index is 0.159. The first-order valence-corrected chi connectivity index (χ1v) is 7.98. The molecule has 1 aromatic carbocycles. The number of carboxylic acid groups (broad SMARTS) is 1. The Balaban J connectivity index is 2.44. The average molecular weight is 306 g/mol. The first-order valence-electron chi connectivity index (χ1n) is 7.98. The molecule has 1 aliphatic carbocycles. The largest absolute Gasteiger partial charge is 0.497 e. The number of carbonyl (C=O) groups is 1. The topological polar surface area (TPSA) is 66.8 Å². The molecule has 0 heterocycles. The van der Waals surface area contributed by atoms with E-state index < -0.39 is 17.0 Å². The van der Waals surface area contributed by atoms with E-state index in [1.165, 1.54) is 0 Å². The normalized spacial score (nSPS) is 27.9. The number of aliphatic hydroxyl groups is 1. The fourth-order valence-corrected chi connectivity index (χ4v) is 3.74. The van der Waals surface area contributed by atoms with Crippen LogP contribution in [0.15, 0.2) is 24.3 Å². The third kappa shape index (κ3) is 2.60. The second-order valence-corrected chi connectivity index (χ2v) is 6.49. The van der Waals surface area contributed by atoms with Gasteiger partial charge in [-0.25, -0.2) is 0 Å². The van der Waals surface area contributed by atoms with Crippen molar-refractivity contribution < 1.29 is 19.7 Å². The maximum Gasteiger partial charge on any atom is 0.312 e. The molecule has 122 valence electrons.